The molecular formula is C14H20ClNO2. The number of aliphatic hydroxyl groups excluding tert-OH is 1. The maximum atomic E-state index is 10.2. The molecule has 18 heavy (non-hydrogen) atoms. The van der Waals surface area contributed by atoms with Crippen LogP contribution in [0.5, 0.6) is 5.75 Å². The minimum absolute atomic E-state index is 0.193. The standard InChI is InChI=1S/C14H20ClNO2/c1-10(17)14(5-7-16-8-6-14)11-3-4-13(18-2)12(15)9-11/h3-4,9-10,16-17H,5-8H2,1-2H3. The van der Waals surface area contributed by atoms with Crippen LogP contribution in [0.2, 0.25) is 5.02 Å². The molecule has 0 spiro atoms. The number of hydrogen-bond acceptors (Lipinski definition) is 3. The van der Waals surface area contributed by atoms with Gasteiger partial charge in [0.2, 0.25) is 0 Å². The zero-order valence-electron chi connectivity index (χ0n) is 10.9. The Morgan fingerprint density at radius 2 is 2.06 bits per heavy atom. The van der Waals surface area contributed by atoms with E-state index in [-0.39, 0.29) is 11.5 Å². The summed E-state index contributed by atoms with van der Waals surface area (Å²) in [4.78, 5) is 0. The number of aliphatic hydroxyl groups is 1. The molecule has 1 aromatic rings. The van der Waals surface area contributed by atoms with Gasteiger partial charge >= 0.3 is 0 Å². The van der Waals surface area contributed by atoms with Crippen molar-refractivity contribution in [3.63, 3.8) is 0 Å². The Labute approximate surface area is 113 Å². The summed E-state index contributed by atoms with van der Waals surface area (Å²) in [5, 5.41) is 14.1. The van der Waals surface area contributed by atoms with Crippen LogP contribution in [-0.2, 0) is 5.41 Å². The van der Waals surface area contributed by atoms with Crippen LogP contribution in [0.3, 0.4) is 0 Å². The summed E-state index contributed by atoms with van der Waals surface area (Å²) in [6.07, 6.45) is 1.46. The average Bonchev–Trinajstić information content (AvgIpc) is 2.39. The second-order valence-electron chi connectivity index (χ2n) is 4.93. The van der Waals surface area contributed by atoms with Gasteiger partial charge in [-0.25, -0.2) is 0 Å². The van der Waals surface area contributed by atoms with Crippen molar-refractivity contribution in [2.24, 2.45) is 0 Å². The van der Waals surface area contributed by atoms with E-state index in [0.717, 1.165) is 31.5 Å². The molecule has 1 aromatic carbocycles. The van der Waals surface area contributed by atoms with Crippen LogP contribution in [0, 0.1) is 0 Å². The highest BCUT2D eigenvalue weighted by atomic mass is 35.5. The lowest BCUT2D eigenvalue weighted by Crippen LogP contribution is -2.46. The molecule has 2 N–H and O–H groups in total. The maximum Gasteiger partial charge on any atom is 0.137 e. The van der Waals surface area contributed by atoms with E-state index in [1.807, 2.05) is 25.1 Å². The molecule has 100 valence electrons. The van der Waals surface area contributed by atoms with Gasteiger partial charge in [-0.05, 0) is 50.6 Å². The lowest BCUT2D eigenvalue weighted by atomic mass is 9.69. The topological polar surface area (TPSA) is 41.5 Å². The Balaban J connectivity index is 2.39. The zero-order valence-corrected chi connectivity index (χ0v) is 11.6. The van der Waals surface area contributed by atoms with E-state index in [9.17, 15) is 5.11 Å². The molecule has 0 aliphatic carbocycles. The van der Waals surface area contributed by atoms with Crippen molar-refractivity contribution in [1.82, 2.24) is 5.32 Å². The number of methoxy groups -OCH3 is 1. The molecule has 1 unspecified atom stereocenters. The van der Waals surface area contributed by atoms with Crippen molar-refractivity contribution in [3.05, 3.63) is 28.8 Å². The van der Waals surface area contributed by atoms with Crippen LogP contribution < -0.4 is 10.1 Å². The number of ether oxygens (including phenoxy) is 1. The van der Waals surface area contributed by atoms with Crippen molar-refractivity contribution in [2.75, 3.05) is 20.2 Å². The lowest BCUT2D eigenvalue weighted by Gasteiger charge is -2.40. The Hall–Kier alpha value is -0.770. The van der Waals surface area contributed by atoms with Gasteiger partial charge in [-0.3, -0.25) is 0 Å². The minimum Gasteiger partial charge on any atom is -0.495 e. The van der Waals surface area contributed by atoms with Crippen molar-refractivity contribution >= 4 is 11.6 Å². The van der Waals surface area contributed by atoms with Crippen LogP contribution in [0.1, 0.15) is 25.3 Å². The van der Waals surface area contributed by atoms with E-state index in [0.29, 0.717) is 10.8 Å². The van der Waals surface area contributed by atoms with Gasteiger partial charge in [0.15, 0.2) is 0 Å². The summed E-state index contributed by atoms with van der Waals surface area (Å²) in [5.41, 5.74) is 0.908. The van der Waals surface area contributed by atoms with Gasteiger partial charge in [0.1, 0.15) is 5.75 Å². The molecule has 1 atom stereocenters. The molecule has 0 aromatic heterocycles. The molecule has 1 fully saturated rings. The molecule has 3 nitrogen and oxygen atoms in total. The molecule has 4 heteroatoms. The van der Waals surface area contributed by atoms with E-state index in [2.05, 4.69) is 5.32 Å². The number of piperidine rings is 1. The first kappa shape index (κ1) is 13.7. The lowest BCUT2D eigenvalue weighted by molar-refractivity contribution is 0.0732. The van der Waals surface area contributed by atoms with Crippen molar-refractivity contribution in [2.45, 2.75) is 31.3 Å². The van der Waals surface area contributed by atoms with Gasteiger partial charge in [-0.15, -0.1) is 0 Å². The normalized spacial score (nSPS) is 20.4. The number of hydrogen-bond donors (Lipinski definition) is 2. The second kappa shape index (κ2) is 5.47. The highest BCUT2D eigenvalue weighted by Gasteiger charge is 2.38. The molecule has 0 radical (unpaired) electrons. The predicted molar refractivity (Wildman–Crippen MR) is 73.5 cm³/mol. The molecule has 1 saturated heterocycles. The smallest absolute Gasteiger partial charge is 0.137 e. The van der Waals surface area contributed by atoms with Gasteiger partial charge in [0.25, 0.3) is 0 Å². The molecule has 0 amide bonds. The molecule has 0 bridgehead atoms. The molecule has 1 aliphatic heterocycles. The number of halogens is 1. The summed E-state index contributed by atoms with van der Waals surface area (Å²) in [6, 6.07) is 5.82. The number of nitrogens with one attached hydrogen (secondary N) is 1. The van der Waals surface area contributed by atoms with Gasteiger partial charge < -0.3 is 15.2 Å². The summed E-state index contributed by atoms with van der Waals surface area (Å²) in [5.74, 6) is 0.676. The first-order valence-electron chi connectivity index (χ1n) is 6.33. The Morgan fingerprint density at radius 3 is 2.56 bits per heavy atom. The number of benzene rings is 1. The summed E-state index contributed by atoms with van der Waals surface area (Å²) < 4.78 is 5.17. The van der Waals surface area contributed by atoms with Crippen molar-refractivity contribution < 1.29 is 9.84 Å². The SMILES string of the molecule is COc1ccc(C2(C(C)O)CCNCC2)cc1Cl. The van der Waals surface area contributed by atoms with Crippen LogP contribution in [0.25, 0.3) is 0 Å². The molecule has 1 heterocycles. The van der Waals surface area contributed by atoms with Gasteiger partial charge in [0, 0.05) is 5.41 Å². The molecule has 1 aliphatic rings. The third-order valence-electron chi connectivity index (χ3n) is 4.02. The van der Waals surface area contributed by atoms with E-state index >= 15 is 0 Å². The van der Waals surface area contributed by atoms with Crippen molar-refractivity contribution in [1.29, 1.82) is 0 Å². The first-order valence-corrected chi connectivity index (χ1v) is 6.71. The fourth-order valence-electron chi connectivity index (χ4n) is 2.80. The summed E-state index contributed by atoms with van der Waals surface area (Å²) in [6.45, 7) is 3.71. The third-order valence-corrected chi connectivity index (χ3v) is 4.32. The number of rotatable bonds is 3. The molecule has 2 rings (SSSR count). The van der Waals surface area contributed by atoms with Crippen molar-refractivity contribution in [3.8, 4) is 5.75 Å². The van der Waals surface area contributed by atoms with Gasteiger partial charge in [-0.1, -0.05) is 17.7 Å². The summed E-state index contributed by atoms with van der Waals surface area (Å²) >= 11 is 6.19. The Kier molecular flexibility index (Phi) is 4.15. The monoisotopic (exact) mass is 269 g/mol. The average molecular weight is 270 g/mol. The Bertz CT molecular complexity index is 414. The van der Waals surface area contributed by atoms with E-state index in [1.54, 1.807) is 7.11 Å². The first-order chi connectivity index (χ1) is 8.60. The maximum absolute atomic E-state index is 10.2. The van der Waals surface area contributed by atoms with E-state index in [1.165, 1.54) is 0 Å². The third kappa shape index (κ3) is 2.35. The van der Waals surface area contributed by atoms with Gasteiger partial charge in [-0.2, -0.15) is 0 Å². The van der Waals surface area contributed by atoms with Crippen LogP contribution in [0.4, 0.5) is 0 Å². The van der Waals surface area contributed by atoms with Crippen LogP contribution >= 0.6 is 11.6 Å². The predicted octanol–water partition coefficient (Wildman–Crippen LogP) is 2.35. The highest BCUT2D eigenvalue weighted by molar-refractivity contribution is 6.32. The van der Waals surface area contributed by atoms with Crippen LogP contribution in [-0.4, -0.2) is 31.4 Å². The molecule has 0 saturated carbocycles. The minimum atomic E-state index is -0.385. The fourth-order valence-corrected chi connectivity index (χ4v) is 3.05. The fraction of sp³-hybridized carbons (Fsp3) is 0.571. The van der Waals surface area contributed by atoms with E-state index in [4.69, 9.17) is 16.3 Å². The Morgan fingerprint density at radius 1 is 1.39 bits per heavy atom. The zero-order chi connectivity index (χ0) is 13.2. The second-order valence-corrected chi connectivity index (χ2v) is 5.34. The quantitative estimate of drug-likeness (QED) is 0.885. The molecular weight excluding hydrogens is 250 g/mol. The van der Waals surface area contributed by atoms with Gasteiger partial charge in [0.05, 0.1) is 18.2 Å². The largest absolute Gasteiger partial charge is 0.495 e. The summed E-state index contributed by atoms with van der Waals surface area (Å²) in [7, 11) is 1.61. The van der Waals surface area contributed by atoms with E-state index < -0.39 is 0 Å². The van der Waals surface area contributed by atoms with Crippen LogP contribution in [0.15, 0.2) is 18.2 Å². The highest BCUT2D eigenvalue weighted by Crippen LogP contribution is 2.39.